The fourth-order valence-electron chi connectivity index (χ4n) is 4.95. The predicted molar refractivity (Wildman–Crippen MR) is 115 cm³/mol. The molecule has 29 heavy (non-hydrogen) atoms. The Labute approximate surface area is 173 Å². The number of carbonyl (C=O) groups is 1. The third-order valence-electron chi connectivity index (χ3n) is 6.65. The van der Waals surface area contributed by atoms with Crippen LogP contribution >= 0.6 is 0 Å². The van der Waals surface area contributed by atoms with Crippen LogP contribution in [0.5, 0.6) is 0 Å². The number of allylic oxidation sites excluding steroid dienone is 9. The average molecular weight is 397 g/mol. The molecule has 3 rings (SSSR count). The van der Waals surface area contributed by atoms with E-state index in [0.717, 1.165) is 30.1 Å². The highest BCUT2D eigenvalue weighted by atomic mass is 16.6. The lowest BCUT2D eigenvalue weighted by Gasteiger charge is -2.47. The minimum Gasteiger partial charge on any atom is -0.478 e. The largest absolute Gasteiger partial charge is 0.478 e. The SMILES string of the molecule is C/C=C(\C)[C@@]1(O)[C@@H](/C=C/C=C(C)/C=C/C=C/C(=O)O)[C@@H]2CC=C(C)C[C@H]2[C@@H]2O[C@@H]21. The molecule has 0 unspecified atom stereocenters. The fraction of sp³-hybridized carbons (Fsp3) is 0.480. The first kappa shape index (κ1) is 21.5. The van der Waals surface area contributed by atoms with Gasteiger partial charge in [-0.05, 0) is 57.9 Å². The monoisotopic (exact) mass is 396 g/mol. The number of carboxylic acid groups (broad SMARTS) is 1. The molecule has 1 saturated carbocycles. The van der Waals surface area contributed by atoms with Gasteiger partial charge >= 0.3 is 5.97 Å². The molecule has 2 N–H and O–H groups in total. The highest BCUT2D eigenvalue weighted by molar-refractivity contribution is 5.80. The van der Waals surface area contributed by atoms with Crippen LogP contribution in [0.4, 0.5) is 0 Å². The molecule has 0 spiro atoms. The second-order valence-corrected chi connectivity index (χ2v) is 8.51. The Kier molecular flexibility index (Phi) is 6.45. The predicted octanol–water partition coefficient (Wildman–Crippen LogP) is 4.75. The smallest absolute Gasteiger partial charge is 0.328 e. The quantitative estimate of drug-likeness (QED) is 0.294. The molecule has 6 atom stereocenters. The lowest BCUT2D eigenvalue weighted by molar-refractivity contribution is -0.131. The number of rotatable bonds is 6. The van der Waals surface area contributed by atoms with Crippen molar-refractivity contribution >= 4 is 5.97 Å². The van der Waals surface area contributed by atoms with E-state index in [4.69, 9.17) is 9.84 Å². The number of fused-ring (bicyclic) bond motifs is 3. The van der Waals surface area contributed by atoms with E-state index in [0.29, 0.717) is 11.8 Å². The van der Waals surface area contributed by atoms with Crippen LogP contribution in [0.25, 0.3) is 0 Å². The van der Waals surface area contributed by atoms with E-state index in [2.05, 4.69) is 19.1 Å². The minimum atomic E-state index is -0.960. The summed E-state index contributed by atoms with van der Waals surface area (Å²) in [6.07, 6.45) is 18.7. The first-order valence-corrected chi connectivity index (χ1v) is 10.4. The maximum Gasteiger partial charge on any atom is 0.328 e. The summed E-state index contributed by atoms with van der Waals surface area (Å²) in [5, 5.41) is 20.4. The zero-order chi connectivity index (χ0) is 21.2. The van der Waals surface area contributed by atoms with Gasteiger partial charge in [0.25, 0.3) is 0 Å². The van der Waals surface area contributed by atoms with Crippen molar-refractivity contribution in [2.24, 2.45) is 17.8 Å². The summed E-state index contributed by atoms with van der Waals surface area (Å²) in [6.45, 7) is 8.13. The van der Waals surface area contributed by atoms with Gasteiger partial charge in [-0.3, -0.25) is 0 Å². The standard InChI is InChI=1S/C25H32O4/c1-5-18(4)25(28)21(11-8-10-16(2)9-6-7-12-22(26)27)19-14-13-17(3)15-20(19)23-24(25)29-23/h5-13,19-21,23-24,28H,14-15H2,1-4H3,(H,26,27)/b9-6+,11-8+,12-7+,16-10+,18-5+/t19-,20-,21+,23+,24+,25-/m1/s1. The van der Waals surface area contributed by atoms with Gasteiger partial charge in [-0.25, -0.2) is 4.79 Å². The van der Waals surface area contributed by atoms with Gasteiger partial charge in [0, 0.05) is 12.0 Å². The Hall–Kier alpha value is -2.17. The lowest BCUT2D eigenvalue weighted by Crippen LogP contribution is -2.54. The molecule has 1 heterocycles. The molecule has 4 heteroatoms. The highest BCUT2D eigenvalue weighted by Crippen LogP contribution is 2.58. The van der Waals surface area contributed by atoms with Crippen molar-refractivity contribution in [1.82, 2.24) is 0 Å². The zero-order valence-corrected chi connectivity index (χ0v) is 17.7. The third kappa shape index (κ3) is 4.39. The molecule has 0 aromatic rings. The Morgan fingerprint density at radius 2 is 1.93 bits per heavy atom. The number of ether oxygens (including phenoxy) is 1. The first-order valence-electron chi connectivity index (χ1n) is 10.4. The normalized spacial score (nSPS) is 37.7. The van der Waals surface area contributed by atoms with Crippen molar-refractivity contribution in [3.63, 3.8) is 0 Å². The first-order chi connectivity index (χ1) is 13.8. The van der Waals surface area contributed by atoms with Gasteiger partial charge in [0.15, 0.2) is 0 Å². The molecule has 1 saturated heterocycles. The van der Waals surface area contributed by atoms with Gasteiger partial charge in [0.05, 0.1) is 6.10 Å². The number of epoxide rings is 1. The molecule has 2 fully saturated rings. The van der Waals surface area contributed by atoms with Crippen molar-refractivity contribution in [3.05, 3.63) is 71.4 Å². The molecular formula is C25H32O4. The van der Waals surface area contributed by atoms with Crippen LogP contribution in [-0.2, 0) is 9.53 Å². The summed E-state index contributed by atoms with van der Waals surface area (Å²) in [5.41, 5.74) is 2.45. The number of aliphatic carboxylic acids is 1. The summed E-state index contributed by atoms with van der Waals surface area (Å²) in [6, 6.07) is 0. The van der Waals surface area contributed by atoms with Crippen LogP contribution in [0.1, 0.15) is 40.5 Å². The third-order valence-corrected chi connectivity index (χ3v) is 6.65. The zero-order valence-electron chi connectivity index (χ0n) is 17.7. The van der Waals surface area contributed by atoms with Gasteiger partial charge in [0.2, 0.25) is 0 Å². The average Bonchev–Trinajstić information content (AvgIpc) is 3.49. The molecular weight excluding hydrogens is 364 g/mol. The summed E-state index contributed by atoms with van der Waals surface area (Å²) >= 11 is 0. The van der Waals surface area contributed by atoms with Crippen molar-refractivity contribution in [3.8, 4) is 0 Å². The molecule has 2 aliphatic carbocycles. The van der Waals surface area contributed by atoms with Gasteiger partial charge < -0.3 is 14.9 Å². The number of hydrogen-bond acceptors (Lipinski definition) is 3. The van der Waals surface area contributed by atoms with Crippen LogP contribution in [0.15, 0.2) is 71.4 Å². The van der Waals surface area contributed by atoms with E-state index >= 15 is 0 Å². The van der Waals surface area contributed by atoms with Crippen molar-refractivity contribution in [1.29, 1.82) is 0 Å². The Bertz CT molecular complexity index is 826. The van der Waals surface area contributed by atoms with Gasteiger partial charge in [-0.15, -0.1) is 0 Å². The molecule has 0 aromatic heterocycles. The molecule has 1 aliphatic heterocycles. The molecule has 0 bridgehead atoms. The summed E-state index contributed by atoms with van der Waals surface area (Å²) in [7, 11) is 0. The Morgan fingerprint density at radius 3 is 2.62 bits per heavy atom. The van der Waals surface area contributed by atoms with Gasteiger partial charge in [0.1, 0.15) is 11.7 Å². The van der Waals surface area contributed by atoms with Crippen LogP contribution in [0.2, 0.25) is 0 Å². The fourth-order valence-corrected chi connectivity index (χ4v) is 4.95. The van der Waals surface area contributed by atoms with Crippen LogP contribution in [-0.4, -0.2) is 34.0 Å². The molecule has 156 valence electrons. The van der Waals surface area contributed by atoms with Crippen LogP contribution < -0.4 is 0 Å². The summed E-state index contributed by atoms with van der Waals surface area (Å²) < 4.78 is 6.04. The number of aliphatic hydroxyl groups is 1. The number of carboxylic acids is 1. The minimum absolute atomic E-state index is 0.00302. The summed E-state index contributed by atoms with van der Waals surface area (Å²) in [5.74, 6) is -0.132. The van der Waals surface area contributed by atoms with E-state index in [-0.39, 0.29) is 18.1 Å². The van der Waals surface area contributed by atoms with Crippen molar-refractivity contribution < 1.29 is 19.7 Å². The van der Waals surface area contributed by atoms with Crippen molar-refractivity contribution in [2.75, 3.05) is 0 Å². The van der Waals surface area contributed by atoms with E-state index < -0.39 is 11.6 Å². The molecule has 0 aromatic carbocycles. The van der Waals surface area contributed by atoms with Gasteiger partial charge in [-0.1, -0.05) is 59.8 Å². The molecule has 0 amide bonds. The van der Waals surface area contributed by atoms with Crippen LogP contribution in [0.3, 0.4) is 0 Å². The topological polar surface area (TPSA) is 70.1 Å². The molecule has 0 radical (unpaired) electrons. The summed E-state index contributed by atoms with van der Waals surface area (Å²) in [4.78, 5) is 10.5. The highest BCUT2D eigenvalue weighted by Gasteiger charge is 2.67. The molecule has 4 nitrogen and oxygen atoms in total. The Balaban J connectivity index is 1.84. The van der Waals surface area contributed by atoms with E-state index in [1.54, 1.807) is 6.08 Å². The second-order valence-electron chi connectivity index (χ2n) is 8.51. The van der Waals surface area contributed by atoms with E-state index in [1.807, 2.05) is 45.1 Å². The maximum absolute atomic E-state index is 11.7. The van der Waals surface area contributed by atoms with Crippen molar-refractivity contribution in [2.45, 2.75) is 58.3 Å². The molecule has 3 aliphatic rings. The van der Waals surface area contributed by atoms with Gasteiger partial charge in [-0.2, -0.15) is 0 Å². The second kappa shape index (κ2) is 8.68. The Morgan fingerprint density at radius 1 is 1.21 bits per heavy atom. The maximum atomic E-state index is 11.7. The van der Waals surface area contributed by atoms with E-state index in [9.17, 15) is 9.90 Å². The lowest BCUT2D eigenvalue weighted by atomic mass is 9.58. The number of hydrogen-bond donors (Lipinski definition) is 2. The van der Waals surface area contributed by atoms with Crippen LogP contribution in [0, 0.1) is 17.8 Å². The van der Waals surface area contributed by atoms with E-state index in [1.165, 1.54) is 11.6 Å².